The Labute approximate surface area is 110 Å². The Morgan fingerprint density at radius 1 is 1.17 bits per heavy atom. The summed E-state index contributed by atoms with van der Waals surface area (Å²) in [5, 5.41) is 8.93. The second-order valence-electron chi connectivity index (χ2n) is 5.59. The van der Waals surface area contributed by atoms with Crippen LogP contribution in [-0.4, -0.2) is 11.1 Å². The van der Waals surface area contributed by atoms with E-state index in [1.54, 1.807) is 0 Å². The lowest BCUT2D eigenvalue weighted by molar-refractivity contribution is -0.138. The molecule has 0 heterocycles. The van der Waals surface area contributed by atoms with Crippen LogP contribution in [0.1, 0.15) is 64.0 Å². The van der Waals surface area contributed by atoms with Crippen molar-refractivity contribution in [3.8, 4) is 0 Å². The third-order valence-electron chi connectivity index (χ3n) is 3.74. The van der Waals surface area contributed by atoms with E-state index in [0.717, 1.165) is 18.4 Å². The fraction of sp³-hybridized carbons (Fsp3) is 0.562. The topological polar surface area (TPSA) is 37.3 Å². The lowest BCUT2D eigenvalue weighted by Crippen LogP contribution is -2.21. The van der Waals surface area contributed by atoms with Gasteiger partial charge in [-0.3, -0.25) is 4.79 Å². The molecule has 0 atom stereocenters. The molecule has 0 aromatic heterocycles. The van der Waals surface area contributed by atoms with Gasteiger partial charge in [0.05, 0.1) is 6.42 Å². The Kier molecular flexibility index (Phi) is 4.94. The average molecular weight is 248 g/mol. The van der Waals surface area contributed by atoms with Crippen molar-refractivity contribution in [2.24, 2.45) is 0 Å². The first kappa shape index (κ1) is 14.7. The lowest BCUT2D eigenvalue weighted by atomic mass is 9.80. The summed E-state index contributed by atoms with van der Waals surface area (Å²) >= 11 is 0. The zero-order chi connectivity index (χ0) is 13.8. The number of carboxylic acid groups (broad SMARTS) is 1. The van der Waals surface area contributed by atoms with Crippen molar-refractivity contribution < 1.29 is 9.90 Å². The van der Waals surface area contributed by atoms with Gasteiger partial charge in [-0.05, 0) is 29.9 Å². The quantitative estimate of drug-likeness (QED) is 0.813. The summed E-state index contributed by atoms with van der Waals surface area (Å²) in [6.07, 6.45) is 2.46. The van der Waals surface area contributed by atoms with Gasteiger partial charge in [-0.1, -0.05) is 52.0 Å². The van der Waals surface area contributed by atoms with Crippen LogP contribution < -0.4 is 0 Å². The van der Waals surface area contributed by atoms with E-state index >= 15 is 0 Å². The summed E-state index contributed by atoms with van der Waals surface area (Å²) < 4.78 is 0. The van der Waals surface area contributed by atoms with E-state index in [2.05, 4.69) is 38.1 Å². The summed E-state index contributed by atoms with van der Waals surface area (Å²) in [6, 6.07) is 8.46. The van der Waals surface area contributed by atoms with E-state index in [1.165, 1.54) is 5.56 Å². The molecule has 0 radical (unpaired) electrons. The van der Waals surface area contributed by atoms with Crippen molar-refractivity contribution in [2.75, 3.05) is 0 Å². The first-order valence-electron chi connectivity index (χ1n) is 6.73. The van der Waals surface area contributed by atoms with Crippen LogP contribution >= 0.6 is 0 Å². The molecule has 1 N–H and O–H groups in total. The zero-order valence-corrected chi connectivity index (χ0v) is 11.9. The molecule has 1 rings (SSSR count). The molecule has 18 heavy (non-hydrogen) atoms. The molecule has 0 spiro atoms. The number of hydrogen-bond acceptors (Lipinski definition) is 1. The smallest absolute Gasteiger partial charge is 0.304 e. The molecule has 0 aliphatic rings. The van der Waals surface area contributed by atoms with Crippen LogP contribution in [0.5, 0.6) is 0 Å². The Morgan fingerprint density at radius 3 is 2.06 bits per heavy atom. The van der Waals surface area contributed by atoms with Crippen molar-refractivity contribution in [1.29, 1.82) is 0 Å². The average Bonchev–Trinajstić information content (AvgIpc) is 2.29. The van der Waals surface area contributed by atoms with E-state index in [1.807, 2.05) is 13.8 Å². The Morgan fingerprint density at radius 2 is 1.67 bits per heavy atom. The summed E-state index contributed by atoms with van der Waals surface area (Å²) in [4.78, 5) is 10.9. The van der Waals surface area contributed by atoms with E-state index in [-0.39, 0.29) is 11.8 Å². The van der Waals surface area contributed by atoms with E-state index in [0.29, 0.717) is 5.92 Å². The minimum Gasteiger partial charge on any atom is -0.481 e. The molecule has 0 saturated carbocycles. The maximum absolute atomic E-state index is 10.9. The van der Waals surface area contributed by atoms with Gasteiger partial charge < -0.3 is 5.11 Å². The van der Waals surface area contributed by atoms with Crippen molar-refractivity contribution in [3.63, 3.8) is 0 Å². The van der Waals surface area contributed by atoms with Crippen LogP contribution in [0.3, 0.4) is 0 Å². The summed E-state index contributed by atoms with van der Waals surface area (Å²) in [7, 11) is 0. The highest BCUT2D eigenvalue weighted by Gasteiger charge is 2.24. The molecular weight excluding hydrogens is 224 g/mol. The third kappa shape index (κ3) is 3.59. The van der Waals surface area contributed by atoms with Crippen molar-refractivity contribution in [1.82, 2.24) is 0 Å². The Hall–Kier alpha value is -1.31. The summed E-state index contributed by atoms with van der Waals surface area (Å²) in [5.41, 5.74) is 2.15. The standard InChI is InChI=1S/C16H24O2/c1-5-12(6-2)13-7-9-14(10-8-13)16(3,4)11-15(17)18/h7-10,12H,5-6,11H2,1-4H3,(H,17,18). The highest BCUT2D eigenvalue weighted by atomic mass is 16.4. The Balaban J connectivity index is 2.91. The maximum atomic E-state index is 10.9. The number of rotatable bonds is 6. The molecule has 0 aliphatic carbocycles. The summed E-state index contributed by atoms with van der Waals surface area (Å²) in [6.45, 7) is 8.37. The number of benzene rings is 1. The number of carboxylic acids is 1. The predicted octanol–water partition coefficient (Wildman–Crippen LogP) is 4.34. The third-order valence-corrected chi connectivity index (χ3v) is 3.74. The second kappa shape index (κ2) is 6.03. The van der Waals surface area contributed by atoms with Gasteiger partial charge >= 0.3 is 5.97 Å². The van der Waals surface area contributed by atoms with Gasteiger partial charge in [0.15, 0.2) is 0 Å². The number of carbonyl (C=O) groups is 1. The van der Waals surface area contributed by atoms with E-state index in [4.69, 9.17) is 5.11 Å². The molecule has 1 aromatic carbocycles. The highest BCUT2D eigenvalue weighted by molar-refractivity contribution is 5.68. The molecule has 0 unspecified atom stereocenters. The van der Waals surface area contributed by atoms with Crippen LogP contribution in [-0.2, 0) is 10.2 Å². The fourth-order valence-corrected chi connectivity index (χ4v) is 2.45. The van der Waals surface area contributed by atoms with Crippen molar-refractivity contribution in [2.45, 2.75) is 58.3 Å². The maximum Gasteiger partial charge on any atom is 0.304 e. The molecule has 2 nitrogen and oxygen atoms in total. The molecule has 1 aromatic rings. The van der Waals surface area contributed by atoms with Crippen molar-refractivity contribution >= 4 is 5.97 Å². The molecule has 0 bridgehead atoms. The molecule has 100 valence electrons. The minimum absolute atomic E-state index is 0.164. The second-order valence-corrected chi connectivity index (χ2v) is 5.59. The minimum atomic E-state index is -0.746. The molecule has 2 heteroatoms. The normalized spacial score (nSPS) is 11.8. The van der Waals surface area contributed by atoms with Gasteiger partial charge in [0.2, 0.25) is 0 Å². The monoisotopic (exact) mass is 248 g/mol. The van der Waals surface area contributed by atoms with E-state index in [9.17, 15) is 4.79 Å². The predicted molar refractivity (Wildman–Crippen MR) is 75.0 cm³/mol. The Bertz CT molecular complexity index is 386. The van der Waals surface area contributed by atoms with E-state index < -0.39 is 5.97 Å². The molecular formula is C16H24O2. The van der Waals surface area contributed by atoms with Crippen molar-refractivity contribution in [3.05, 3.63) is 35.4 Å². The van der Waals surface area contributed by atoms with Crippen LogP contribution in [0.2, 0.25) is 0 Å². The summed E-state index contributed by atoms with van der Waals surface area (Å²) in [5.74, 6) is -0.134. The number of hydrogen-bond donors (Lipinski definition) is 1. The highest BCUT2D eigenvalue weighted by Crippen LogP contribution is 2.29. The van der Waals surface area contributed by atoms with Gasteiger partial charge in [-0.25, -0.2) is 0 Å². The molecule has 0 fully saturated rings. The first-order valence-corrected chi connectivity index (χ1v) is 6.73. The van der Waals surface area contributed by atoms with Gasteiger partial charge in [-0.15, -0.1) is 0 Å². The van der Waals surface area contributed by atoms with Crippen LogP contribution in [0.4, 0.5) is 0 Å². The van der Waals surface area contributed by atoms with Gasteiger partial charge in [0.1, 0.15) is 0 Å². The fourth-order valence-electron chi connectivity index (χ4n) is 2.45. The van der Waals surface area contributed by atoms with Gasteiger partial charge in [-0.2, -0.15) is 0 Å². The van der Waals surface area contributed by atoms with Gasteiger partial charge in [0, 0.05) is 5.41 Å². The number of aliphatic carboxylic acids is 1. The zero-order valence-electron chi connectivity index (χ0n) is 11.9. The van der Waals surface area contributed by atoms with Crippen LogP contribution in [0.15, 0.2) is 24.3 Å². The first-order chi connectivity index (χ1) is 8.40. The molecule has 0 amide bonds. The largest absolute Gasteiger partial charge is 0.481 e. The van der Waals surface area contributed by atoms with Gasteiger partial charge in [0.25, 0.3) is 0 Å². The van der Waals surface area contributed by atoms with Crippen LogP contribution in [0, 0.1) is 0 Å². The molecule has 0 aliphatic heterocycles. The SMILES string of the molecule is CCC(CC)c1ccc(C(C)(C)CC(=O)O)cc1. The molecule has 0 saturated heterocycles. The van der Waals surface area contributed by atoms with Crippen LogP contribution in [0.25, 0.3) is 0 Å². The lowest BCUT2D eigenvalue weighted by Gasteiger charge is -2.24.